The molecule has 3 fully saturated rings. The second-order valence-electron chi connectivity index (χ2n) is 9.57. The number of nitrogens with two attached hydrogens (primary N) is 1. The van der Waals surface area contributed by atoms with Crippen LogP contribution in [0.1, 0.15) is 62.5 Å². The van der Waals surface area contributed by atoms with Gasteiger partial charge in [0.05, 0.1) is 5.41 Å². The molecule has 2 heterocycles. The van der Waals surface area contributed by atoms with Gasteiger partial charge in [0, 0.05) is 32.5 Å². The summed E-state index contributed by atoms with van der Waals surface area (Å²) < 4.78 is 0. The van der Waals surface area contributed by atoms with E-state index >= 15 is 0 Å². The lowest BCUT2D eigenvalue weighted by Crippen LogP contribution is -2.49. The molecule has 2 aliphatic heterocycles. The van der Waals surface area contributed by atoms with E-state index in [2.05, 4.69) is 29.2 Å². The number of amides is 2. The number of piperidine rings is 2. The predicted octanol–water partition coefficient (Wildman–Crippen LogP) is 2.93. The Balaban J connectivity index is 1.50. The summed E-state index contributed by atoms with van der Waals surface area (Å²) in [4.78, 5) is 29.0. The van der Waals surface area contributed by atoms with Gasteiger partial charge in [-0.15, -0.1) is 0 Å². The second-order valence-corrected chi connectivity index (χ2v) is 9.57. The van der Waals surface area contributed by atoms with Gasteiger partial charge in [0.2, 0.25) is 11.8 Å². The quantitative estimate of drug-likeness (QED) is 0.803. The van der Waals surface area contributed by atoms with Crippen LogP contribution in [0.25, 0.3) is 0 Å². The van der Waals surface area contributed by atoms with E-state index in [1.54, 1.807) is 6.92 Å². The van der Waals surface area contributed by atoms with Gasteiger partial charge in [-0.05, 0) is 75.1 Å². The van der Waals surface area contributed by atoms with E-state index < -0.39 is 5.41 Å². The highest BCUT2D eigenvalue weighted by Crippen LogP contribution is 2.39. The number of carbonyl (C=O) groups excluding carboxylic acids is 2. The maximum atomic E-state index is 12.6. The first-order valence-electron chi connectivity index (χ1n) is 11.3. The molecular weight excluding hydrogens is 362 g/mol. The number of benzene rings is 1. The third-order valence-corrected chi connectivity index (χ3v) is 7.44. The zero-order valence-electron chi connectivity index (χ0n) is 17.7. The van der Waals surface area contributed by atoms with Crippen molar-refractivity contribution in [2.24, 2.45) is 17.1 Å². The molecule has 0 bridgehead atoms. The van der Waals surface area contributed by atoms with Crippen molar-refractivity contribution in [2.45, 2.75) is 57.8 Å². The minimum Gasteiger partial charge on any atom is -0.369 e. The van der Waals surface area contributed by atoms with E-state index in [4.69, 9.17) is 5.73 Å². The van der Waals surface area contributed by atoms with Crippen molar-refractivity contribution in [2.75, 3.05) is 32.7 Å². The SMILES string of the molecule is CC(=O)N1CCC[C@@H](c2ccccc2CC2(C(N)=O)CCN(CC3CC3)CC2)C1. The van der Waals surface area contributed by atoms with Crippen LogP contribution in [0.3, 0.4) is 0 Å². The maximum absolute atomic E-state index is 12.6. The average molecular weight is 398 g/mol. The van der Waals surface area contributed by atoms with Crippen molar-refractivity contribution in [3.63, 3.8) is 0 Å². The van der Waals surface area contributed by atoms with E-state index in [-0.39, 0.29) is 11.8 Å². The lowest BCUT2D eigenvalue weighted by molar-refractivity contribution is -0.130. The minimum atomic E-state index is -0.439. The Labute approximate surface area is 174 Å². The normalized spacial score (nSPS) is 25.0. The average Bonchev–Trinajstić information content (AvgIpc) is 3.54. The number of carbonyl (C=O) groups is 2. The zero-order valence-corrected chi connectivity index (χ0v) is 17.7. The van der Waals surface area contributed by atoms with Gasteiger partial charge in [0.25, 0.3) is 0 Å². The Kier molecular flexibility index (Phi) is 5.95. The molecular formula is C24H35N3O2. The Morgan fingerprint density at radius 1 is 1.10 bits per heavy atom. The highest BCUT2D eigenvalue weighted by molar-refractivity contribution is 5.81. The molecule has 2 amide bonds. The third-order valence-electron chi connectivity index (χ3n) is 7.44. The number of hydrogen-bond acceptors (Lipinski definition) is 3. The predicted molar refractivity (Wildman–Crippen MR) is 114 cm³/mol. The molecule has 0 radical (unpaired) electrons. The zero-order chi connectivity index (χ0) is 20.4. The lowest BCUT2D eigenvalue weighted by Gasteiger charge is -2.41. The summed E-state index contributed by atoms with van der Waals surface area (Å²) in [7, 11) is 0. The van der Waals surface area contributed by atoms with Crippen LogP contribution in [0.4, 0.5) is 0 Å². The van der Waals surface area contributed by atoms with Gasteiger partial charge in [0.15, 0.2) is 0 Å². The number of primary amides is 1. The monoisotopic (exact) mass is 397 g/mol. The fourth-order valence-electron chi connectivity index (χ4n) is 5.31. The molecule has 2 N–H and O–H groups in total. The number of hydrogen-bond donors (Lipinski definition) is 1. The maximum Gasteiger partial charge on any atom is 0.224 e. The lowest BCUT2D eigenvalue weighted by atomic mass is 9.71. The molecule has 29 heavy (non-hydrogen) atoms. The Hall–Kier alpha value is -1.88. The first-order valence-corrected chi connectivity index (χ1v) is 11.3. The van der Waals surface area contributed by atoms with E-state index in [9.17, 15) is 9.59 Å². The van der Waals surface area contributed by atoms with Crippen molar-refractivity contribution in [3.8, 4) is 0 Å². The molecule has 158 valence electrons. The largest absolute Gasteiger partial charge is 0.369 e. The molecule has 2 saturated heterocycles. The van der Waals surface area contributed by atoms with E-state index in [1.165, 1.54) is 30.5 Å². The minimum absolute atomic E-state index is 0.146. The van der Waals surface area contributed by atoms with Crippen LogP contribution in [0.2, 0.25) is 0 Å². The van der Waals surface area contributed by atoms with Gasteiger partial charge in [-0.25, -0.2) is 0 Å². The van der Waals surface area contributed by atoms with Crippen LogP contribution in [0, 0.1) is 11.3 Å². The van der Waals surface area contributed by atoms with Crippen molar-refractivity contribution >= 4 is 11.8 Å². The van der Waals surface area contributed by atoms with Crippen molar-refractivity contribution in [1.29, 1.82) is 0 Å². The van der Waals surface area contributed by atoms with Gasteiger partial charge >= 0.3 is 0 Å². The van der Waals surface area contributed by atoms with E-state index in [1.807, 2.05) is 4.90 Å². The first-order chi connectivity index (χ1) is 14.0. The molecule has 5 nitrogen and oxygen atoms in total. The summed E-state index contributed by atoms with van der Waals surface area (Å²) in [5, 5.41) is 0. The summed E-state index contributed by atoms with van der Waals surface area (Å²) in [6.45, 7) is 6.44. The molecule has 1 atom stereocenters. The van der Waals surface area contributed by atoms with Gasteiger partial charge < -0.3 is 15.5 Å². The smallest absolute Gasteiger partial charge is 0.224 e. The second kappa shape index (κ2) is 8.47. The Morgan fingerprint density at radius 3 is 2.48 bits per heavy atom. The molecule has 1 aliphatic carbocycles. The van der Waals surface area contributed by atoms with Crippen LogP contribution in [-0.2, 0) is 16.0 Å². The molecule has 1 saturated carbocycles. The van der Waals surface area contributed by atoms with Crippen LogP contribution in [0.5, 0.6) is 0 Å². The van der Waals surface area contributed by atoms with Crippen LogP contribution in [-0.4, -0.2) is 54.3 Å². The van der Waals surface area contributed by atoms with Crippen molar-refractivity contribution < 1.29 is 9.59 Å². The molecule has 0 spiro atoms. The highest BCUT2D eigenvalue weighted by atomic mass is 16.2. The molecule has 0 aromatic heterocycles. The van der Waals surface area contributed by atoms with Gasteiger partial charge in [0.1, 0.15) is 0 Å². The van der Waals surface area contributed by atoms with E-state index in [0.29, 0.717) is 5.92 Å². The molecule has 4 rings (SSSR count). The van der Waals surface area contributed by atoms with E-state index in [0.717, 1.165) is 64.2 Å². The number of nitrogens with zero attached hydrogens (tertiary/aromatic N) is 2. The number of likely N-dealkylation sites (tertiary alicyclic amines) is 2. The Bertz CT molecular complexity index is 750. The Morgan fingerprint density at radius 2 is 1.83 bits per heavy atom. The van der Waals surface area contributed by atoms with Crippen molar-refractivity contribution in [3.05, 3.63) is 35.4 Å². The van der Waals surface area contributed by atoms with Crippen LogP contribution >= 0.6 is 0 Å². The molecule has 3 aliphatic rings. The summed E-state index contributed by atoms with van der Waals surface area (Å²) in [6.07, 6.45) is 7.30. The van der Waals surface area contributed by atoms with Crippen molar-refractivity contribution in [1.82, 2.24) is 9.80 Å². The van der Waals surface area contributed by atoms with Gasteiger partial charge in [-0.3, -0.25) is 9.59 Å². The fourth-order valence-corrected chi connectivity index (χ4v) is 5.31. The summed E-state index contributed by atoms with van der Waals surface area (Å²) >= 11 is 0. The molecule has 1 aromatic rings. The molecule has 0 unspecified atom stereocenters. The first kappa shape index (κ1) is 20.4. The topological polar surface area (TPSA) is 66.6 Å². The van der Waals surface area contributed by atoms with Crippen LogP contribution < -0.4 is 5.73 Å². The summed E-state index contributed by atoms with van der Waals surface area (Å²) in [6, 6.07) is 8.52. The van der Waals surface area contributed by atoms with Gasteiger partial charge in [-0.1, -0.05) is 24.3 Å². The molecule has 5 heteroatoms. The van der Waals surface area contributed by atoms with Crippen LogP contribution in [0.15, 0.2) is 24.3 Å². The highest BCUT2D eigenvalue weighted by Gasteiger charge is 2.41. The molecule has 1 aromatic carbocycles. The third kappa shape index (κ3) is 4.66. The standard InChI is InChI=1S/C24H35N3O2/c1-18(28)27-12-4-6-21(17-27)22-7-3-2-5-20(22)15-24(23(25)29)10-13-26(14-11-24)16-19-8-9-19/h2-3,5,7,19,21H,4,6,8-17H2,1H3,(H2,25,29)/t21-/m1/s1. The van der Waals surface area contributed by atoms with Gasteiger partial charge in [-0.2, -0.15) is 0 Å². The fraction of sp³-hybridized carbons (Fsp3) is 0.667. The summed E-state index contributed by atoms with van der Waals surface area (Å²) in [5.41, 5.74) is 8.10. The number of rotatable bonds is 6. The summed E-state index contributed by atoms with van der Waals surface area (Å²) in [5.74, 6) is 1.24.